The summed E-state index contributed by atoms with van der Waals surface area (Å²) in [5.74, 6) is -1.07. The van der Waals surface area contributed by atoms with Gasteiger partial charge in [-0.15, -0.1) is 0 Å². The Balaban J connectivity index is 3.09. The molecule has 0 saturated heterocycles. The Labute approximate surface area is 76.6 Å². The van der Waals surface area contributed by atoms with Gasteiger partial charge in [0.2, 0.25) is 0 Å². The maximum atomic E-state index is 11.5. The van der Waals surface area contributed by atoms with Gasteiger partial charge in [0.25, 0.3) is 0 Å². The second-order valence-electron chi connectivity index (χ2n) is 2.18. The van der Waals surface area contributed by atoms with E-state index in [1.807, 2.05) is 0 Å². The lowest BCUT2D eigenvalue weighted by atomic mass is 10.2. The van der Waals surface area contributed by atoms with Crippen LogP contribution in [0.2, 0.25) is 0 Å². The first kappa shape index (κ1) is 9.12. The van der Waals surface area contributed by atoms with Crippen LogP contribution in [0.5, 0.6) is 0 Å². The molecule has 1 aromatic heterocycles. The first-order chi connectivity index (χ1) is 5.65. The average molecular weight is 234 g/mol. The fraction of sp³-hybridized carbons (Fsp3) is 0.143. The van der Waals surface area contributed by atoms with E-state index in [1.165, 1.54) is 6.20 Å². The number of carbonyl (C=O) groups is 1. The molecule has 12 heavy (non-hydrogen) atoms. The number of nitrogens with zero attached hydrogens (tertiary/aromatic N) is 1. The van der Waals surface area contributed by atoms with Crippen molar-refractivity contribution in [2.24, 2.45) is 0 Å². The summed E-state index contributed by atoms with van der Waals surface area (Å²) >= 11 is 3.16. The van der Waals surface area contributed by atoms with E-state index in [0.29, 0.717) is 5.56 Å². The molecular formula is C7H5BrFNO2. The van der Waals surface area contributed by atoms with E-state index in [0.717, 1.165) is 4.47 Å². The quantitative estimate of drug-likeness (QED) is 0.747. The molecule has 0 aliphatic heterocycles. The zero-order chi connectivity index (χ0) is 9.14. The highest BCUT2D eigenvalue weighted by Gasteiger charge is 2.12. The van der Waals surface area contributed by atoms with Crippen molar-refractivity contribution in [3.8, 4) is 0 Å². The van der Waals surface area contributed by atoms with Gasteiger partial charge >= 0.3 is 5.97 Å². The zero-order valence-corrected chi connectivity index (χ0v) is 7.76. The summed E-state index contributed by atoms with van der Waals surface area (Å²) in [5.41, 5.74) is 0.549. The van der Waals surface area contributed by atoms with E-state index in [-0.39, 0.29) is 5.69 Å². The number of rotatable bonds is 1. The third-order valence-electron chi connectivity index (χ3n) is 1.31. The Hall–Kier alpha value is -0.970. The van der Waals surface area contributed by atoms with Crippen LogP contribution in [-0.2, 0) is 4.94 Å². The second kappa shape index (κ2) is 3.62. The van der Waals surface area contributed by atoms with Gasteiger partial charge in [0.05, 0.1) is 0 Å². The van der Waals surface area contributed by atoms with Crippen LogP contribution in [0.25, 0.3) is 0 Å². The number of aryl methyl sites for hydroxylation is 1. The average Bonchev–Trinajstić information content (AvgIpc) is 2.03. The van der Waals surface area contributed by atoms with Gasteiger partial charge in [-0.2, -0.15) is 0 Å². The molecule has 0 fully saturated rings. The van der Waals surface area contributed by atoms with Crippen LogP contribution >= 0.6 is 15.9 Å². The Morgan fingerprint density at radius 1 is 1.75 bits per heavy atom. The first-order valence-corrected chi connectivity index (χ1v) is 3.89. The maximum absolute atomic E-state index is 11.5. The van der Waals surface area contributed by atoms with E-state index in [1.54, 1.807) is 13.0 Å². The predicted molar refractivity (Wildman–Crippen MR) is 43.2 cm³/mol. The lowest BCUT2D eigenvalue weighted by molar-refractivity contribution is -0.0793. The van der Waals surface area contributed by atoms with Crippen molar-refractivity contribution in [2.45, 2.75) is 6.92 Å². The summed E-state index contributed by atoms with van der Waals surface area (Å²) in [5, 5.41) is 0. The number of hydrogen-bond acceptors (Lipinski definition) is 3. The molecule has 0 aliphatic carbocycles. The summed E-state index contributed by atoms with van der Waals surface area (Å²) in [6, 6.07) is 1.65. The summed E-state index contributed by atoms with van der Waals surface area (Å²) in [7, 11) is 0. The number of halogens is 2. The third kappa shape index (κ3) is 1.79. The van der Waals surface area contributed by atoms with Crippen LogP contribution < -0.4 is 0 Å². The topological polar surface area (TPSA) is 39.2 Å². The monoisotopic (exact) mass is 233 g/mol. The van der Waals surface area contributed by atoms with Gasteiger partial charge in [-0.25, -0.2) is 14.7 Å². The van der Waals surface area contributed by atoms with Gasteiger partial charge in [0.1, 0.15) is 0 Å². The molecule has 0 unspecified atom stereocenters. The highest BCUT2D eigenvalue weighted by molar-refractivity contribution is 9.10. The Morgan fingerprint density at radius 3 is 2.92 bits per heavy atom. The molecule has 0 amide bonds. The van der Waals surface area contributed by atoms with Crippen molar-refractivity contribution in [1.29, 1.82) is 0 Å². The summed E-state index contributed by atoms with van der Waals surface area (Å²) in [6.07, 6.45) is 1.40. The molecule has 1 aromatic rings. The highest BCUT2D eigenvalue weighted by Crippen LogP contribution is 2.13. The minimum absolute atomic E-state index is 0.0132. The van der Waals surface area contributed by atoms with Crippen LogP contribution in [0.3, 0.4) is 0 Å². The van der Waals surface area contributed by atoms with Gasteiger partial charge in [-0.1, -0.05) is 0 Å². The van der Waals surface area contributed by atoms with Crippen LogP contribution in [0.4, 0.5) is 4.53 Å². The lowest BCUT2D eigenvalue weighted by Crippen LogP contribution is -2.04. The Kier molecular flexibility index (Phi) is 2.75. The number of hydrogen-bond donors (Lipinski definition) is 0. The molecule has 0 N–H and O–H groups in total. The minimum atomic E-state index is -1.07. The van der Waals surface area contributed by atoms with Gasteiger partial charge < -0.3 is 0 Å². The summed E-state index contributed by atoms with van der Waals surface area (Å²) < 4.78 is 12.2. The van der Waals surface area contributed by atoms with Gasteiger partial charge in [-0.3, -0.25) is 0 Å². The molecule has 0 saturated carbocycles. The van der Waals surface area contributed by atoms with E-state index in [2.05, 4.69) is 25.9 Å². The molecule has 0 aromatic carbocycles. The van der Waals surface area contributed by atoms with E-state index < -0.39 is 5.97 Å². The molecule has 0 spiro atoms. The normalized spacial score (nSPS) is 9.58. The van der Waals surface area contributed by atoms with Crippen molar-refractivity contribution in [2.75, 3.05) is 0 Å². The van der Waals surface area contributed by atoms with Gasteiger partial charge in [0, 0.05) is 15.2 Å². The Bertz CT molecular complexity index is 316. The van der Waals surface area contributed by atoms with Crippen LogP contribution in [0.1, 0.15) is 16.1 Å². The van der Waals surface area contributed by atoms with Crippen LogP contribution in [0, 0.1) is 6.92 Å². The molecule has 5 heteroatoms. The molecule has 0 bridgehead atoms. The molecule has 3 nitrogen and oxygen atoms in total. The predicted octanol–water partition coefficient (Wildman–Crippen LogP) is 2.19. The molecule has 1 rings (SSSR count). The van der Waals surface area contributed by atoms with E-state index in [4.69, 9.17) is 0 Å². The number of carbonyl (C=O) groups excluding carboxylic acids is 1. The van der Waals surface area contributed by atoms with Crippen molar-refractivity contribution in [1.82, 2.24) is 4.98 Å². The molecule has 0 aliphatic rings. The molecule has 1 heterocycles. The number of aromatic nitrogens is 1. The van der Waals surface area contributed by atoms with Crippen molar-refractivity contribution < 1.29 is 14.3 Å². The first-order valence-electron chi connectivity index (χ1n) is 3.10. The third-order valence-corrected chi connectivity index (χ3v) is 1.74. The largest absolute Gasteiger partial charge is 0.397 e. The lowest BCUT2D eigenvalue weighted by Gasteiger charge is -1.99. The fourth-order valence-electron chi connectivity index (χ4n) is 0.791. The van der Waals surface area contributed by atoms with E-state index >= 15 is 0 Å². The SMILES string of the molecule is Cc1cc(Br)cnc1C(=O)OF. The van der Waals surface area contributed by atoms with Crippen LogP contribution in [-0.4, -0.2) is 11.0 Å². The summed E-state index contributed by atoms with van der Waals surface area (Å²) in [4.78, 5) is 17.4. The zero-order valence-electron chi connectivity index (χ0n) is 6.17. The minimum Gasteiger partial charge on any atom is -0.248 e. The van der Waals surface area contributed by atoms with E-state index in [9.17, 15) is 9.32 Å². The Morgan fingerprint density at radius 2 is 2.42 bits per heavy atom. The van der Waals surface area contributed by atoms with Crippen molar-refractivity contribution in [3.05, 3.63) is 28.0 Å². The summed E-state index contributed by atoms with van der Waals surface area (Å²) in [6.45, 7) is 1.64. The van der Waals surface area contributed by atoms with Gasteiger partial charge in [0.15, 0.2) is 5.69 Å². The fourth-order valence-corrected chi connectivity index (χ4v) is 1.24. The maximum Gasteiger partial charge on any atom is 0.397 e. The smallest absolute Gasteiger partial charge is 0.248 e. The molecule has 0 radical (unpaired) electrons. The van der Waals surface area contributed by atoms with Crippen molar-refractivity contribution >= 4 is 21.9 Å². The standard InChI is InChI=1S/C7H5BrFNO2/c1-4-2-5(8)3-10-6(4)7(11)12-9/h2-3H,1H3. The second-order valence-corrected chi connectivity index (χ2v) is 3.10. The molecule has 0 atom stereocenters. The van der Waals surface area contributed by atoms with Crippen LogP contribution in [0.15, 0.2) is 16.7 Å². The highest BCUT2D eigenvalue weighted by atomic mass is 79.9. The van der Waals surface area contributed by atoms with Crippen molar-refractivity contribution in [3.63, 3.8) is 0 Å². The number of pyridine rings is 1. The molecular weight excluding hydrogens is 229 g/mol. The van der Waals surface area contributed by atoms with Gasteiger partial charge in [-0.05, 0) is 34.5 Å². The molecule has 64 valence electrons.